The lowest BCUT2D eigenvalue weighted by Gasteiger charge is -2.41. The van der Waals surface area contributed by atoms with Crippen molar-refractivity contribution >= 4 is 12.4 Å². The van der Waals surface area contributed by atoms with E-state index in [-0.39, 0.29) is 6.09 Å². The van der Waals surface area contributed by atoms with Crippen LogP contribution in [-0.4, -0.2) is 36.0 Å². The van der Waals surface area contributed by atoms with Gasteiger partial charge in [-0.1, -0.05) is 0 Å². The number of likely N-dealkylation sites (tertiary alicyclic amines) is 1. The van der Waals surface area contributed by atoms with Crippen molar-refractivity contribution in [1.82, 2.24) is 4.90 Å². The molecule has 1 aliphatic carbocycles. The molecule has 0 bridgehead atoms. The summed E-state index contributed by atoms with van der Waals surface area (Å²) in [5.74, 6) is 0.645. The first kappa shape index (κ1) is 12.4. The summed E-state index contributed by atoms with van der Waals surface area (Å²) < 4.78 is 5.31. The number of nitrogens with zero attached hydrogens (tertiary/aromatic N) is 1. The maximum absolute atomic E-state index is 11.7. The molecule has 2 fully saturated rings. The Morgan fingerprint density at radius 2 is 2.12 bits per heavy atom. The fourth-order valence-electron chi connectivity index (χ4n) is 2.67. The molecule has 1 spiro atoms. The number of hydrogen-bond acceptors (Lipinski definition) is 3. The smallest absolute Gasteiger partial charge is 0.410 e. The van der Waals surface area contributed by atoms with Gasteiger partial charge in [-0.3, -0.25) is 0 Å². The number of ether oxygens (including phenoxy) is 1. The standard InChI is InChI=1S/C13H21NO3/c1-12(2,3)17-11(16)14-8-13(9-14)7-10(13)5-4-6-15/h6,10H,4-5,7-9H2,1-3H3. The second-order valence-electron chi connectivity index (χ2n) is 6.34. The van der Waals surface area contributed by atoms with Gasteiger partial charge in [-0.15, -0.1) is 0 Å². The molecule has 1 saturated heterocycles. The van der Waals surface area contributed by atoms with Gasteiger partial charge >= 0.3 is 6.09 Å². The van der Waals surface area contributed by atoms with Gasteiger partial charge in [0, 0.05) is 24.9 Å². The van der Waals surface area contributed by atoms with Crippen molar-refractivity contribution < 1.29 is 14.3 Å². The van der Waals surface area contributed by atoms with Crippen molar-refractivity contribution in [2.45, 2.75) is 45.6 Å². The maximum Gasteiger partial charge on any atom is 0.410 e. The molecule has 0 radical (unpaired) electrons. The molecule has 0 aromatic rings. The average molecular weight is 239 g/mol. The number of rotatable bonds is 3. The monoisotopic (exact) mass is 239 g/mol. The van der Waals surface area contributed by atoms with E-state index in [1.54, 1.807) is 4.90 Å². The summed E-state index contributed by atoms with van der Waals surface area (Å²) in [6.45, 7) is 7.26. The predicted octanol–water partition coefficient (Wildman–Crippen LogP) is 2.22. The van der Waals surface area contributed by atoms with Crippen molar-refractivity contribution in [3.05, 3.63) is 0 Å². The summed E-state index contributed by atoms with van der Waals surface area (Å²) in [6.07, 6.45) is 3.57. The third-order valence-electron chi connectivity index (χ3n) is 3.66. The van der Waals surface area contributed by atoms with Gasteiger partial charge in [0.05, 0.1) is 0 Å². The Morgan fingerprint density at radius 1 is 1.47 bits per heavy atom. The molecule has 4 heteroatoms. The topological polar surface area (TPSA) is 46.6 Å². The van der Waals surface area contributed by atoms with Crippen LogP contribution in [-0.2, 0) is 9.53 Å². The molecule has 1 heterocycles. The van der Waals surface area contributed by atoms with E-state index in [1.165, 1.54) is 6.42 Å². The highest BCUT2D eigenvalue weighted by molar-refractivity contribution is 5.69. The van der Waals surface area contributed by atoms with Crippen LogP contribution in [0.5, 0.6) is 0 Å². The number of amides is 1. The zero-order chi connectivity index (χ0) is 12.7. The molecule has 1 saturated carbocycles. The molecule has 2 rings (SSSR count). The third kappa shape index (κ3) is 2.61. The van der Waals surface area contributed by atoms with Gasteiger partial charge in [0.15, 0.2) is 0 Å². The Kier molecular flexibility index (Phi) is 2.92. The molecule has 4 nitrogen and oxygen atoms in total. The van der Waals surface area contributed by atoms with E-state index in [0.29, 0.717) is 17.8 Å². The summed E-state index contributed by atoms with van der Waals surface area (Å²) in [6, 6.07) is 0. The Morgan fingerprint density at radius 3 is 2.65 bits per heavy atom. The second-order valence-corrected chi connectivity index (χ2v) is 6.34. The quantitative estimate of drug-likeness (QED) is 0.709. The maximum atomic E-state index is 11.7. The number of aldehydes is 1. The van der Waals surface area contributed by atoms with E-state index in [9.17, 15) is 9.59 Å². The summed E-state index contributed by atoms with van der Waals surface area (Å²) in [4.78, 5) is 23.8. The second kappa shape index (κ2) is 4.00. The van der Waals surface area contributed by atoms with Crippen LogP contribution in [0.4, 0.5) is 4.79 Å². The highest BCUT2D eigenvalue weighted by Crippen LogP contribution is 2.60. The molecule has 1 unspecified atom stereocenters. The van der Waals surface area contributed by atoms with Crippen molar-refractivity contribution in [3.8, 4) is 0 Å². The van der Waals surface area contributed by atoms with Crippen molar-refractivity contribution in [1.29, 1.82) is 0 Å². The van der Waals surface area contributed by atoms with E-state index in [0.717, 1.165) is 25.8 Å². The molecule has 1 atom stereocenters. The fourth-order valence-corrected chi connectivity index (χ4v) is 2.67. The summed E-state index contributed by atoms with van der Waals surface area (Å²) >= 11 is 0. The Bertz CT molecular complexity index is 326. The summed E-state index contributed by atoms with van der Waals surface area (Å²) in [5, 5.41) is 0. The van der Waals surface area contributed by atoms with E-state index < -0.39 is 5.60 Å². The zero-order valence-electron chi connectivity index (χ0n) is 10.9. The number of hydrogen-bond donors (Lipinski definition) is 0. The molecule has 1 amide bonds. The van der Waals surface area contributed by atoms with Gasteiger partial charge in [0.25, 0.3) is 0 Å². The van der Waals surface area contributed by atoms with E-state index >= 15 is 0 Å². The van der Waals surface area contributed by atoms with Crippen LogP contribution in [0.25, 0.3) is 0 Å². The van der Waals surface area contributed by atoms with Crippen molar-refractivity contribution in [3.63, 3.8) is 0 Å². The minimum absolute atomic E-state index is 0.204. The third-order valence-corrected chi connectivity index (χ3v) is 3.66. The molecule has 1 aliphatic heterocycles. The highest BCUT2D eigenvalue weighted by atomic mass is 16.6. The predicted molar refractivity (Wildman–Crippen MR) is 63.6 cm³/mol. The Balaban J connectivity index is 1.73. The van der Waals surface area contributed by atoms with Crippen LogP contribution in [0, 0.1) is 11.3 Å². The lowest BCUT2D eigenvalue weighted by Crippen LogP contribution is -2.53. The van der Waals surface area contributed by atoms with E-state index in [2.05, 4.69) is 0 Å². The minimum atomic E-state index is -0.416. The van der Waals surface area contributed by atoms with Gasteiger partial charge in [0.2, 0.25) is 0 Å². The first-order valence-corrected chi connectivity index (χ1v) is 6.28. The molecule has 96 valence electrons. The summed E-state index contributed by atoms with van der Waals surface area (Å²) in [7, 11) is 0. The number of carbonyl (C=O) groups excluding carboxylic acids is 2. The SMILES string of the molecule is CC(C)(C)OC(=O)N1CC2(CC2CCC=O)C1. The van der Waals surface area contributed by atoms with Crippen molar-refractivity contribution in [2.75, 3.05) is 13.1 Å². The van der Waals surface area contributed by atoms with Crippen LogP contribution in [0.1, 0.15) is 40.0 Å². The molecular formula is C13H21NO3. The van der Waals surface area contributed by atoms with E-state index in [4.69, 9.17) is 4.74 Å². The Hall–Kier alpha value is -1.06. The molecule has 17 heavy (non-hydrogen) atoms. The molecule has 2 aliphatic rings. The van der Waals surface area contributed by atoms with Crippen LogP contribution >= 0.6 is 0 Å². The average Bonchev–Trinajstić information content (AvgIpc) is 2.83. The van der Waals surface area contributed by atoms with Gasteiger partial charge in [-0.05, 0) is 39.5 Å². The van der Waals surface area contributed by atoms with Crippen LogP contribution in [0.15, 0.2) is 0 Å². The van der Waals surface area contributed by atoms with Gasteiger partial charge in [0.1, 0.15) is 11.9 Å². The van der Waals surface area contributed by atoms with Crippen LogP contribution in [0.2, 0.25) is 0 Å². The van der Waals surface area contributed by atoms with E-state index in [1.807, 2.05) is 20.8 Å². The molecule has 0 aromatic carbocycles. The normalized spacial score (nSPS) is 25.4. The molecule has 0 N–H and O–H groups in total. The molecule has 0 aromatic heterocycles. The van der Waals surface area contributed by atoms with Gasteiger partial charge in [-0.25, -0.2) is 4.79 Å². The highest BCUT2D eigenvalue weighted by Gasteiger charge is 2.62. The fraction of sp³-hybridized carbons (Fsp3) is 0.846. The largest absolute Gasteiger partial charge is 0.444 e. The van der Waals surface area contributed by atoms with Gasteiger partial charge in [-0.2, -0.15) is 0 Å². The lowest BCUT2D eigenvalue weighted by molar-refractivity contribution is -0.108. The van der Waals surface area contributed by atoms with Gasteiger partial charge < -0.3 is 14.4 Å². The zero-order valence-corrected chi connectivity index (χ0v) is 10.9. The Labute approximate surface area is 102 Å². The lowest BCUT2D eigenvalue weighted by atomic mass is 9.92. The summed E-state index contributed by atoms with van der Waals surface area (Å²) in [5.41, 5.74) is -0.0831. The first-order valence-electron chi connectivity index (χ1n) is 6.28. The van der Waals surface area contributed by atoms with Crippen molar-refractivity contribution in [2.24, 2.45) is 11.3 Å². The first-order chi connectivity index (χ1) is 7.86. The van der Waals surface area contributed by atoms with Crippen LogP contribution < -0.4 is 0 Å². The molecular weight excluding hydrogens is 218 g/mol. The number of carbonyl (C=O) groups is 2. The van der Waals surface area contributed by atoms with Crippen LogP contribution in [0.3, 0.4) is 0 Å². The minimum Gasteiger partial charge on any atom is -0.444 e.